The van der Waals surface area contributed by atoms with E-state index in [4.69, 9.17) is 10.5 Å². The lowest BCUT2D eigenvalue weighted by molar-refractivity contribution is -0.116. The summed E-state index contributed by atoms with van der Waals surface area (Å²) in [5.41, 5.74) is 7.38. The largest absolute Gasteiger partial charge is 0.497 e. The number of carbonyl (C=O) groups excluding carboxylic acids is 2. The first-order valence-corrected chi connectivity index (χ1v) is 8.56. The fourth-order valence-corrected chi connectivity index (χ4v) is 2.60. The summed E-state index contributed by atoms with van der Waals surface area (Å²) < 4.78 is 5.15. The molecule has 2 rings (SSSR count). The number of para-hydroxylation sites is 1. The molecule has 7 heteroatoms. The van der Waals surface area contributed by atoms with Crippen molar-refractivity contribution in [2.75, 3.05) is 25.5 Å². The monoisotopic (exact) mass is 391 g/mol. The van der Waals surface area contributed by atoms with Crippen LogP contribution >= 0.6 is 12.4 Å². The summed E-state index contributed by atoms with van der Waals surface area (Å²) in [7, 11) is 1.62. The number of hydrogen-bond acceptors (Lipinski definition) is 4. The topological polar surface area (TPSA) is 93.4 Å². The van der Waals surface area contributed by atoms with Gasteiger partial charge in [0.2, 0.25) is 5.91 Å². The van der Waals surface area contributed by atoms with Crippen molar-refractivity contribution in [1.29, 1.82) is 0 Å². The fraction of sp³-hybridized carbons (Fsp3) is 0.300. The Balaban J connectivity index is 0.00000364. The zero-order valence-corrected chi connectivity index (χ0v) is 16.3. The zero-order chi connectivity index (χ0) is 18.9. The summed E-state index contributed by atoms with van der Waals surface area (Å²) in [6.45, 7) is 2.73. The van der Waals surface area contributed by atoms with E-state index in [-0.39, 0.29) is 30.1 Å². The number of nitrogens with one attached hydrogen (secondary N) is 2. The number of carbonyl (C=O) groups is 2. The van der Waals surface area contributed by atoms with Gasteiger partial charge in [0, 0.05) is 19.5 Å². The average molecular weight is 392 g/mol. The molecule has 27 heavy (non-hydrogen) atoms. The molecule has 4 N–H and O–H groups in total. The Hall–Kier alpha value is -2.57. The number of nitrogens with two attached hydrogens (primary N) is 1. The minimum absolute atomic E-state index is 0. The average Bonchev–Trinajstić information content (AvgIpc) is 2.66. The van der Waals surface area contributed by atoms with Crippen molar-refractivity contribution >= 4 is 29.9 Å². The standard InChI is InChI=1S/C20H25N3O3.ClH/c1-14(15-7-9-16(26-2)10-8-15)13-19(24)23-18-6-4-3-5-17(18)20(25)22-12-11-21;/h3-10,14H,11-13,21H2,1-2H3,(H,22,25)(H,23,24);1H. The summed E-state index contributed by atoms with van der Waals surface area (Å²) in [6, 6.07) is 14.6. The van der Waals surface area contributed by atoms with Gasteiger partial charge in [0.05, 0.1) is 18.4 Å². The van der Waals surface area contributed by atoms with E-state index in [0.29, 0.717) is 30.8 Å². The molecule has 2 amide bonds. The highest BCUT2D eigenvalue weighted by atomic mass is 35.5. The van der Waals surface area contributed by atoms with Crippen LogP contribution in [0.3, 0.4) is 0 Å². The van der Waals surface area contributed by atoms with Crippen LogP contribution in [0.4, 0.5) is 5.69 Å². The van der Waals surface area contributed by atoms with Crippen LogP contribution in [0.5, 0.6) is 5.75 Å². The Kier molecular flexibility index (Phi) is 9.33. The van der Waals surface area contributed by atoms with Gasteiger partial charge in [-0.1, -0.05) is 31.2 Å². The van der Waals surface area contributed by atoms with E-state index >= 15 is 0 Å². The number of anilines is 1. The number of halogens is 1. The molecule has 0 spiro atoms. The van der Waals surface area contributed by atoms with Crippen molar-refractivity contribution in [1.82, 2.24) is 5.32 Å². The second kappa shape index (κ2) is 11.2. The third-order valence-corrected chi connectivity index (χ3v) is 4.05. The second-order valence-electron chi connectivity index (χ2n) is 6.02. The van der Waals surface area contributed by atoms with Crippen molar-refractivity contribution < 1.29 is 14.3 Å². The first kappa shape index (κ1) is 22.5. The lowest BCUT2D eigenvalue weighted by Crippen LogP contribution is -2.30. The van der Waals surface area contributed by atoms with Gasteiger partial charge in [-0.25, -0.2) is 0 Å². The minimum atomic E-state index is -0.255. The maximum absolute atomic E-state index is 12.4. The number of benzene rings is 2. The third-order valence-electron chi connectivity index (χ3n) is 4.05. The van der Waals surface area contributed by atoms with Gasteiger partial charge in [-0.05, 0) is 35.7 Å². The highest BCUT2D eigenvalue weighted by molar-refractivity contribution is 6.03. The molecule has 1 unspecified atom stereocenters. The molecule has 0 heterocycles. The van der Waals surface area contributed by atoms with E-state index in [0.717, 1.165) is 11.3 Å². The molecule has 0 radical (unpaired) electrons. The molecule has 0 fully saturated rings. The molecule has 146 valence electrons. The van der Waals surface area contributed by atoms with Gasteiger partial charge in [0.1, 0.15) is 5.75 Å². The number of hydrogen-bond donors (Lipinski definition) is 3. The Bertz CT molecular complexity index is 750. The zero-order valence-electron chi connectivity index (χ0n) is 15.5. The predicted molar refractivity (Wildman–Crippen MR) is 110 cm³/mol. The molecule has 2 aromatic rings. The summed E-state index contributed by atoms with van der Waals surface area (Å²) in [5, 5.41) is 5.55. The normalized spacial score (nSPS) is 11.1. The fourth-order valence-electron chi connectivity index (χ4n) is 2.60. The summed E-state index contributed by atoms with van der Waals surface area (Å²) >= 11 is 0. The van der Waals surface area contributed by atoms with Gasteiger partial charge in [-0.15, -0.1) is 12.4 Å². The van der Waals surface area contributed by atoms with Crippen LogP contribution in [0, 0.1) is 0 Å². The first-order valence-electron chi connectivity index (χ1n) is 8.56. The third kappa shape index (κ3) is 6.58. The van der Waals surface area contributed by atoms with Crippen LogP contribution in [0.15, 0.2) is 48.5 Å². The van der Waals surface area contributed by atoms with Crippen LogP contribution in [0.25, 0.3) is 0 Å². The summed E-state index contributed by atoms with van der Waals surface area (Å²) in [4.78, 5) is 24.6. The molecular weight excluding hydrogens is 366 g/mol. The predicted octanol–water partition coefficient (Wildman–Crippen LogP) is 2.94. The molecule has 6 nitrogen and oxygen atoms in total. The lowest BCUT2D eigenvalue weighted by atomic mass is 9.97. The number of ether oxygens (including phenoxy) is 1. The quantitative estimate of drug-likeness (QED) is 0.644. The SMILES string of the molecule is COc1ccc(C(C)CC(=O)Nc2ccccc2C(=O)NCCN)cc1.Cl. The van der Waals surface area contributed by atoms with Crippen molar-refractivity contribution in [3.8, 4) is 5.75 Å². The molecule has 0 saturated carbocycles. The molecule has 1 atom stereocenters. The summed E-state index contributed by atoms with van der Waals surface area (Å²) in [6.07, 6.45) is 0.311. The van der Waals surface area contributed by atoms with E-state index in [1.807, 2.05) is 31.2 Å². The smallest absolute Gasteiger partial charge is 0.253 e. The van der Waals surface area contributed by atoms with Crippen LogP contribution in [0.1, 0.15) is 35.2 Å². The Morgan fingerprint density at radius 3 is 2.41 bits per heavy atom. The Morgan fingerprint density at radius 2 is 1.78 bits per heavy atom. The Morgan fingerprint density at radius 1 is 1.11 bits per heavy atom. The maximum atomic E-state index is 12.4. The second-order valence-corrected chi connectivity index (χ2v) is 6.02. The van der Waals surface area contributed by atoms with E-state index in [1.165, 1.54) is 0 Å². The van der Waals surface area contributed by atoms with Crippen LogP contribution in [0.2, 0.25) is 0 Å². The van der Waals surface area contributed by atoms with Gasteiger partial charge in [-0.3, -0.25) is 9.59 Å². The number of amides is 2. The first-order chi connectivity index (χ1) is 12.5. The van der Waals surface area contributed by atoms with E-state index in [2.05, 4.69) is 10.6 Å². The molecule has 0 aliphatic heterocycles. The van der Waals surface area contributed by atoms with E-state index < -0.39 is 0 Å². The van der Waals surface area contributed by atoms with Crippen LogP contribution in [-0.2, 0) is 4.79 Å². The Labute approximate surface area is 165 Å². The highest BCUT2D eigenvalue weighted by Gasteiger charge is 2.15. The molecule has 0 saturated heterocycles. The number of methoxy groups -OCH3 is 1. The molecule has 0 bridgehead atoms. The van der Waals surface area contributed by atoms with Crippen molar-refractivity contribution in [3.05, 3.63) is 59.7 Å². The lowest BCUT2D eigenvalue weighted by Gasteiger charge is -2.14. The van der Waals surface area contributed by atoms with Crippen molar-refractivity contribution in [3.63, 3.8) is 0 Å². The molecule has 2 aromatic carbocycles. The van der Waals surface area contributed by atoms with E-state index in [9.17, 15) is 9.59 Å². The van der Waals surface area contributed by atoms with Gasteiger partial charge in [-0.2, -0.15) is 0 Å². The molecule has 0 aliphatic rings. The van der Waals surface area contributed by atoms with Gasteiger partial charge >= 0.3 is 0 Å². The van der Waals surface area contributed by atoms with Crippen LogP contribution < -0.4 is 21.1 Å². The van der Waals surface area contributed by atoms with Gasteiger partial charge in [0.25, 0.3) is 5.91 Å². The summed E-state index contributed by atoms with van der Waals surface area (Å²) in [5.74, 6) is 0.420. The van der Waals surface area contributed by atoms with Gasteiger partial charge < -0.3 is 21.1 Å². The van der Waals surface area contributed by atoms with Crippen molar-refractivity contribution in [2.45, 2.75) is 19.3 Å². The molecule has 0 aromatic heterocycles. The molecular formula is C20H26ClN3O3. The maximum Gasteiger partial charge on any atom is 0.253 e. The highest BCUT2D eigenvalue weighted by Crippen LogP contribution is 2.23. The minimum Gasteiger partial charge on any atom is -0.497 e. The number of rotatable bonds is 8. The van der Waals surface area contributed by atoms with E-state index in [1.54, 1.807) is 31.4 Å². The van der Waals surface area contributed by atoms with Crippen LogP contribution in [-0.4, -0.2) is 32.0 Å². The molecule has 0 aliphatic carbocycles. The van der Waals surface area contributed by atoms with Crippen molar-refractivity contribution in [2.24, 2.45) is 5.73 Å². The van der Waals surface area contributed by atoms with Gasteiger partial charge in [0.15, 0.2) is 0 Å².